The van der Waals surface area contributed by atoms with E-state index in [4.69, 9.17) is 5.73 Å². The third-order valence-electron chi connectivity index (χ3n) is 2.76. The van der Waals surface area contributed by atoms with Crippen molar-refractivity contribution < 1.29 is 4.39 Å². The second-order valence-electron chi connectivity index (χ2n) is 4.50. The molecule has 2 rings (SSSR count). The molecule has 100 valence electrons. The van der Waals surface area contributed by atoms with Crippen LogP contribution in [0.15, 0.2) is 27.5 Å². The zero-order valence-electron chi connectivity index (χ0n) is 10.5. The Hall–Kier alpha value is -1.69. The molecule has 0 unspecified atom stereocenters. The second kappa shape index (κ2) is 5.13. The number of nitrogens with one attached hydrogen (secondary N) is 1. The Balaban J connectivity index is 2.58. The van der Waals surface area contributed by atoms with E-state index < -0.39 is 0 Å². The van der Waals surface area contributed by atoms with E-state index in [2.05, 4.69) is 25.9 Å². The van der Waals surface area contributed by atoms with E-state index in [-0.39, 0.29) is 23.1 Å². The minimum atomic E-state index is -0.377. The number of benzene rings is 1. The average Bonchev–Trinajstić information content (AvgIpc) is 2.31. The monoisotopic (exact) mass is 325 g/mol. The van der Waals surface area contributed by atoms with E-state index in [9.17, 15) is 9.18 Å². The SMILES string of the molecule is CC(C)c1c(N)nc(-c2ccc(F)c(Br)c2)[nH]c1=O. The number of aromatic amines is 1. The van der Waals surface area contributed by atoms with Gasteiger partial charge in [-0.05, 0) is 40.0 Å². The largest absolute Gasteiger partial charge is 0.383 e. The molecular weight excluding hydrogens is 313 g/mol. The number of halogens is 2. The molecule has 0 radical (unpaired) electrons. The molecule has 0 aliphatic rings. The van der Waals surface area contributed by atoms with Crippen molar-refractivity contribution in [3.63, 3.8) is 0 Å². The van der Waals surface area contributed by atoms with Gasteiger partial charge >= 0.3 is 0 Å². The predicted octanol–water partition coefficient (Wildman–Crippen LogP) is 3.04. The van der Waals surface area contributed by atoms with Crippen molar-refractivity contribution in [1.82, 2.24) is 9.97 Å². The highest BCUT2D eigenvalue weighted by atomic mass is 79.9. The van der Waals surface area contributed by atoms with Gasteiger partial charge in [0.25, 0.3) is 5.56 Å². The van der Waals surface area contributed by atoms with E-state index in [1.165, 1.54) is 12.1 Å². The van der Waals surface area contributed by atoms with Gasteiger partial charge in [-0.1, -0.05) is 13.8 Å². The molecule has 1 aromatic carbocycles. The smallest absolute Gasteiger partial charge is 0.256 e. The average molecular weight is 326 g/mol. The maximum absolute atomic E-state index is 13.2. The van der Waals surface area contributed by atoms with E-state index >= 15 is 0 Å². The first-order chi connectivity index (χ1) is 8.90. The van der Waals surface area contributed by atoms with Crippen LogP contribution in [0.4, 0.5) is 10.2 Å². The van der Waals surface area contributed by atoms with Crippen LogP contribution in [-0.4, -0.2) is 9.97 Å². The highest BCUT2D eigenvalue weighted by Gasteiger charge is 2.13. The highest BCUT2D eigenvalue weighted by molar-refractivity contribution is 9.10. The Morgan fingerprint density at radius 2 is 2.11 bits per heavy atom. The number of nitrogen functional groups attached to an aromatic ring is 1. The second-order valence-corrected chi connectivity index (χ2v) is 5.35. The number of nitrogens with two attached hydrogens (primary N) is 1. The van der Waals surface area contributed by atoms with Gasteiger partial charge in [0.15, 0.2) is 0 Å². The zero-order valence-corrected chi connectivity index (χ0v) is 12.1. The summed E-state index contributed by atoms with van der Waals surface area (Å²) in [5.74, 6) is 0.143. The number of hydrogen-bond donors (Lipinski definition) is 2. The Kier molecular flexibility index (Phi) is 3.71. The molecule has 0 aliphatic carbocycles. The fourth-order valence-corrected chi connectivity index (χ4v) is 2.22. The Bertz CT molecular complexity index is 682. The molecule has 19 heavy (non-hydrogen) atoms. The number of nitrogens with zero attached hydrogens (tertiary/aromatic N) is 1. The van der Waals surface area contributed by atoms with Crippen LogP contribution in [0, 0.1) is 5.82 Å². The summed E-state index contributed by atoms with van der Waals surface area (Å²) in [6, 6.07) is 4.38. The molecule has 0 aliphatic heterocycles. The normalized spacial score (nSPS) is 11.0. The van der Waals surface area contributed by atoms with Crippen LogP contribution < -0.4 is 11.3 Å². The van der Waals surface area contributed by atoms with Gasteiger partial charge < -0.3 is 10.7 Å². The van der Waals surface area contributed by atoms with Crippen molar-refractivity contribution in [1.29, 1.82) is 0 Å². The maximum Gasteiger partial charge on any atom is 0.256 e. The van der Waals surface area contributed by atoms with Crippen molar-refractivity contribution in [2.75, 3.05) is 5.73 Å². The van der Waals surface area contributed by atoms with Gasteiger partial charge in [-0.15, -0.1) is 0 Å². The molecule has 0 spiro atoms. The zero-order chi connectivity index (χ0) is 14.2. The van der Waals surface area contributed by atoms with Gasteiger partial charge in [0.1, 0.15) is 17.5 Å². The number of anilines is 1. The van der Waals surface area contributed by atoms with Crippen LogP contribution in [0.5, 0.6) is 0 Å². The number of H-pyrrole nitrogens is 1. The van der Waals surface area contributed by atoms with E-state index in [1.54, 1.807) is 6.07 Å². The molecule has 4 nitrogen and oxygen atoms in total. The van der Waals surface area contributed by atoms with Gasteiger partial charge in [0.2, 0.25) is 0 Å². The lowest BCUT2D eigenvalue weighted by Gasteiger charge is -2.09. The third-order valence-corrected chi connectivity index (χ3v) is 3.36. The summed E-state index contributed by atoms with van der Waals surface area (Å²) >= 11 is 3.09. The number of hydrogen-bond acceptors (Lipinski definition) is 3. The minimum absolute atomic E-state index is 0.00902. The molecular formula is C13H13BrFN3O. The summed E-state index contributed by atoms with van der Waals surface area (Å²) < 4.78 is 13.5. The van der Waals surface area contributed by atoms with Gasteiger partial charge in [0.05, 0.1) is 10.0 Å². The number of rotatable bonds is 2. The minimum Gasteiger partial charge on any atom is -0.383 e. The fraction of sp³-hybridized carbons (Fsp3) is 0.231. The van der Waals surface area contributed by atoms with Gasteiger partial charge in [-0.2, -0.15) is 0 Å². The molecule has 3 N–H and O–H groups in total. The first kappa shape index (κ1) is 13.7. The van der Waals surface area contributed by atoms with Crippen LogP contribution in [0.2, 0.25) is 0 Å². The van der Waals surface area contributed by atoms with Crippen LogP contribution >= 0.6 is 15.9 Å². The maximum atomic E-state index is 13.2. The molecule has 0 saturated carbocycles. The van der Waals surface area contributed by atoms with Crippen molar-refractivity contribution in [3.05, 3.63) is 44.4 Å². The van der Waals surface area contributed by atoms with Crippen LogP contribution in [0.3, 0.4) is 0 Å². The lowest BCUT2D eigenvalue weighted by atomic mass is 10.1. The summed E-state index contributed by atoms with van der Waals surface area (Å²) in [5, 5.41) is 0. The summed E-state index contributed by atoms with van der Waals surface area (Å²) in [7, 11) is 0. The first-order valence-electron chi connectivity index (χ1n) is 5.75. The van der Waals surface area contributed by atoms with E-state index in [0.717, 1.165) is 0 Å². The summed E-state index contributed by atoms with van der Waals surface area (Å²) in [6.45, 7) is 3.74. The summed E-state index contributed by atoms with van der Waals surface area (Å²) in [4.78, 5) is 18.8. The molecule has 6 heteroatoms. The lowest BCUT2D eigenvalue weighted by Crippen LogP contribution is -2.19. The third kappa shape index (κ3) is 2.68. The van der Waals surface area contributed by atoms with Gasteiger partial charge in [-0.25, -0.2) is 9.37 Å². The summed E-state index contributed by atoms with van der Waals surface area (Å²) in [6.07, 6.45) is 0. The van der Waals surface area contributed by atoms with Gasteiger partial charge in [0, 0.05) is 5.56 Å². The van der Waals surface area contributed by atoms with Crippen molar-refractivity contribution in [2.45, 2.75) is 19.8 Å². The molecule has 1 heterocycles. The van der Waals surface area contributed by atoms with Gasteiger partial charge in [-0.3, -0.25) is 4.79 Å². The van der Waals surface area contributed by atoms with Crippen LogP contribution in [0.25, 0.3) is 11.4 Å². The summed E-state index contributed by atoms with van der Waals surface area (Å²) in [5.41, 5.74) is 6.60. The first-order valence-corrected chi connectivity index (χ1v) is 6.54. The molecule has 0 saturated heterocycles. The quantitative estimate of drug-likeness (QED) is 0.891. The lowest BCUT2D eigenvalue weighted by molar-refractivity contribution is 0.621. The molecule has 0 amide bonds. The number of aromatic nitrogens is 2. The molecule has 2 aromatic rings. The van der Waals surface area contributed by atoms with Crippen molar-refractivity contribution in [2.24, 2.45) is 0 Å². The van der Waals surface area contributed by atoms with Crippen molar-refractivity contribution in [3.8, 4) is 11.4 Å². The van der Waals surface area contributed by atoms with E-state index in [1.807, 2.05) is 13.8 Å². The topological polar surface area (TPSA) is 71.8 Å². The standard InChI is InChI=1S/C13H13BrFN3O/c1-6(2)10-11(16)17-12(18-13(10)19)7-3-4-9(15)8(14)5-7/h3-6H,1-2H3,(H3,16,17,18,19). The molecule has 1 aromatic heterocycles. The predicted molar refractivity (Wildman–Crippen MR) is 76.5 cm³/mol. The molecule has 0 fully saturated rings. The highest BCUT2D eigenvalue weighted by Crippen LogP contribution is 2.24. The van der Waals surface area contributed by atoms with E-state index in [0.29, 0.717) is 21.4 Å². The van der Waals surface area contributed by atoms with Crippen molar-refractivity contribution >= 4 is 21.7 Å². The van der Waals surface area contributed by atoms with Crippen LogP contribution in [0.1, 0.15) is 25.3 Å². The Labute approximate surface area is 118 Å². The van der Waals surface area contributed by atoms with Crippen LogP contribution in [-0.2, 0) is 0 Å². The molecule has 0 atom stereocenters. The fourth-order valence-electron chi connectivity index (χ4n) is 1.84. The molecule has 0 bridgehead atoms. The Morgan fingerprint density at radius 3 is 2.63 bits per heavy atom. The Morgan fingerprint density at radius 1 is 1.42 bits per heavy atom.